The molecule has 12 nitrogen and oxygen atoms in total. The number of piperidine rings is 1. The van der Waals surface area contributed by atoms with Crippen molar-refractivity contribution in [1.82, 2.24) is 15.6 Å². The van der Waals surface area contributed by atoms with Crippen LogP contribution in [0.2, 0.25) is 0 Å². The van der Waals surface area contributed by atoms with Gasteiger partial charge in [-0.05, 0) is 50.3 Å². The molecular formula is C23H24F2N4O8. The highest BCUT2D eigenvalue weighted by Crippen LogP contribution is 2.37. The summed E-state index contributed by atoms with van der Waals surface area (Å²) in [6.07, 6.45) is -0.226. The van der Waals surface area contributed by atoms with Gasteiger partial charge < -0.3 is 29.7 Å². The minimum absolute atomic E-state index is 0.0282. The Morgan fingerprint density at radius 3 is 2.65 bits per heavy atom. The predicted octanol–water partition coefficient (Wildman–Crippen LogP) is 2.42. The van der Waals surface area contributed by atoms with Crippen molar-refractivity contribution in [3.8, 4) is 23.0 Å². The Labute approximate surface area is 208 Å². The minimum Gasteiger partial charge on any atom is -0.489 e. The number of hydrogen-bond donors (Lipinski definition) is 3. The van der Waals surface area contributed by atoms with Crippen LogP contribution in [0.5, 0.6) is 11.5 Å². The van der Waals surface area contributed by atoms with Crippen LogP contribution in [0, 0.1) is 5.92 Å². The summed E-state index contributed by atoms with van der Waals surface area (Å²) in [6.45, 7) is -1.37. The van der Waals surface area contributed by atoms with E-state index in [2.05, 4.69) is 20.4 Å². The average Bonchev–Trinajstić information content (AvgIpc) is 3.54. The second kappa shape index (κ2) is 10.8. The number of alkyl halides is 2. The van der Waals surface area contributed by atoms with Crippen molar-refractivity contribution >= 4 is 23.8 Å². The Balaban J connectivity index is 1.65. The molecule has 1 saturated carbocycles. The van der Waals surface area contributed by atoms with Gasteiger partial charge in [0.2, 0.25) is 17.7 Å². The molecule has 14 heteroatoms. The third kappa shape index (κ3) is 6.51. The van der Waals surface area contributed by atoms with E-state index in [-0.39, 0.29) is 47.2 Å². The van der Waals surface area contributed by atoms with E-state index in [4.69, 9.17) is 19.6 Å². The zero-order valence-corrected chi connectivity index (χ0v) is 19.6. The first-order valence-electron chi connectivity index (χ1n) is 11.4. The van der Waals surface area contributed by atoms with Crippen LogP contribution in [-0.2, 0) is 14.3 Å². The summed E-state index contributed by atoms with van der Waals surface area (Å²) in [6, 6.07) is 2.99. The maximum absolute atomic E-state index is 13.0. The highest BCUT2D eigenvalue weighted by Gasteiger charge is 2.32. The maximum Gasteiger partial charge on any atom is 0.405 e. The monoisotopic (exact) mass is 522 g/mol. The predicted molar refractivity (Wildman–Crippen MR) is 120 cm³/mol. The van der Waals surface area contributed by atoms with Crippen LogP contribution in [0.1, 0.15) is 55.0 Å². The van der Waals surface area contributed by atoms with Gasteiger partial charge in [0.05, 0.1) is 6.61 Å². The molecule has 4 rings (SSSR count). The quantitative estimate of drug-likeness (QED) is 0.396. The van der Waals surface area contributed by atoms with E-state index >= 15 is 0 Å². The summed E-state index contributed by atoms with van der Waals surface area (Å²) < 4.78 is 46.6. The summed E-state index contributed by atoms with van der Waals surface area (Å²) in [5.74, 6) is -2.10. The van der Waals surface area contributed by atoms with Crippen molar-refractivity contribution in [2.75, 3.05) is 6.61 Å². The van der Waals surface area contributed by atoms with Crippen LogP contribution in [0.3, 0.4) is 0 Å². The van der Waals surface area contributed by atoms with Crippen molar-refractivity contribution in [1.29, 1.82) is 0 Å². The Hall–Kier alpha value is -4.23. The first-order valence-corrected chi connectivity index (χ1v) is 11.4. The zero-order chi connectivity index (χ0) is 26.7. The molecule has 37 heavy (non-hydrogen) atoms. The standard InChI is InChI=1S/C23H24F2N4O8/c1-10(35-23(26)33)18-17(20(32)27-13-5-7-16(30)28-19(13)31)29-21(37-18)12-4-6-14(36-22(24)25)15(8-12)34-9-11-2-3-11/h4,6,8,10-11,13,22H,2-3,5,7,9H2,1H3,(H2,26,33)(H,27,32)(H,28,30,31). The summed E-state index contributed by atoms with van der Waals surface area (Å²) in [5.41, 5.74) is 5.04. The van der Waals surface area contributed by atoms with Crippen molar-refractivity contribution in [2.24, 2.45) is 11.7 Å². The summed E-state index contributed by atoms with van der Waals surface area (Å²) >= 11 is 0. The highest BCUT2D eigenvalue weighted by molar-refractivity contribution is 6.03. The number of benzene rings is 1. The SMILES string of the molecule is CC(OC(N)=O)c1oc(-c2ccc(OC(F)F)c(OCC3CC3)c2)nc1C(=O)NC1CCC(=O)NC1=O. The smallest absolute Gasteiger partial charge is 0.405 e. The number of aromatic nitrogens is 1. The fourth-order valence-electron chi connectivity index (χ4n) is 3.62. The van der Waals surface area contributed by atoms with Gasteiger partial charge in [0, 0.05) is 12.0 Å². The number of rotatable bonds is 10. The first kappa shape index (κ1) is 25.9. The van der Waals surface area contributed by atoms with Crippen LogP contribution in [0.25, 0.3) is 11.5 Å². The lowest BCUT2D eigenvalue weighted by Crippen LogP contribution is -2.52. The molecule has 0 radical (unpaired) electrons. The van der Waals surface area contributed by atoms with E-state index < -0.39 is 42.6 Å². The van der Waals surface area contributed by atoms with Gasteiger partial charge in [0.1, 0.15) is 6.04 Å². The van der Waals surface area contributed by atoms with Crippen molar-refractivity contribution < 1.29 is 46.6 Å². The molecule has 2 aliphatic rings. The zero-order valence-electron chi connectivity index (χ0n) is 19.6. The second-order valence-corrected chi connectivity index (χ2v) is 8.58. The van der Waals surface area contributed by atoms with Crippen molar-refractivity contribution in [3.05, 3.63) is 29.7 Å². The van der Waals surface area contributed by atoms with E-state index in [9.17, 15) is 28.0 Å². The lowest BCUT2D eigenvalue weighted by Gasteiger charge is -2.21. The number of hydrogen-bond acceptors (Lipinski definition) is 9. The number of imide groups is 1. The molecule has 198 valence electrons. The van der Waals surface area contributed by atoms with Crippen molar-refractivity contribution in [3.63, 3.8) is 0 Å². The van der Waals surface area contributed by atoms with Gasteiger partial charge in [-0.25, -0.2) is 9.78 Å². The normalized spacial score (nSPS) is 18.2. The molecule has 4 amide bonds. The number of halogens is 2. The number of ether oxygens (including phenoxy) is 3. The van der Waals surface area contributed by atoms with Gasteiger partial charge in [-0.15, -0.1) is 0 Å². The molecule has 1 aromatic heterocycles. The summed E-state index contributed by atoms with van der Waals surface area (Å²) in [7, 11) is 0. The largest absolute Gasteiger partial charge is 0.489 e. The van der Waals surface area contributed by atoms with Crippen LogP contribution in [0.4, 0.5) is 13.6 Å². The number of carbonyl (C=O) groups is 4. The van der Waals surface area contributed by atoms with Gasteiger partial charge in [-0.3, -0.25) is 19.7 Å². The molecule has 1 saturated heterocycles. The molecule has 2 fully saturated rings. The third-order valence-corrected chi connectivity index (χ3v) is 5.65. The molecule has 1 aromatic carbocycles. The molecule has 1 aliphatic carbocycles. The van der Waals surface area contributed by atoms with Gasteiger partial charge in [-0.1, -0.05) is 0 Å². The molecule has 2 heterocycles. The van der Waals surface area contributed by atoms with Crippen LogP contribution >= 0.6 is 0 Å². The number of amides is 4. The molecule has 0 bridgehead atoms. The molecule has 2 unspecified atom stereocenters. The number of primary amides is 1. The molecule has 0 spiro atoms. The van der Waals surface area contributed by atoms with Crippen molar-refractivity contribution in [2.45, 2.75) is 51.4 Å². The third-order valence-electron chi connectivity index (χ3n) is 5.65. The number of oxazole rings is 1. The fraction of sp³-hybridized carbons (Fsp3) is 0.435. The van der Waals surface area contributed by atoms with Crippen LogP contribution in [-0.4, -0.2) is 48.1 Å². The van der Waals surface area contributed by atoms with Crippen LogP contribution < -0.4 is 25.8 Å². The van der Waals surface area contributed by atoms with Gasteiger partial charge in [0.25, 0.3) is 5.91 Å². The second-order valence-electron chi connectivity index (χ2n) is 8.58. The minimum atomic E-state index is -3.07. The summed E-state index contributed by atoms with van der Waals surface area (Å²) in [5, 5.41) is 4.60. The van der Waals surface area contributed by atoms with E-state index in [1.807, 2.05) is 0 Å². The molecule has 1 aliphatic heterocycles. The van der Waals surface area contributed by atoms with Gasteiger partial charge in [0.15, 0.2) is 29.1 Å². The Morgan fingerprint density at radius 1 is 1.24 bits per heavy atom. The maximum atomic E-state index is 13.0. The number of nitrogens with two attached hydrogens (primary N) is 1. The lowest BCUT2D eigenvalue weighted by atomic mass is 10.1. The highest BCUT2D eigenvalue weighted by atomic mass is 19.3. The van der Waals surface area contributed by atoms with E-state index in [0.29, 0.717) is 12.5 Å². The number of carbonyl (C=O) groups excluding carboxylic acids is 4. The number of nitrogens with one attached hydrogen (secondary N) is 2. The van der Waals surface area contributed by atoms with Gasteiger partial charge in [-0.2, -0.15) is 8.78 Å². The van der Waals surface area contributed by atoms with E-state index in [1.165, 1.54) is 25.1 Å². The molecular weight excluding hydrogens is 498 g/mol. The van der Waals surface area contributed by atoms with Crippen LogP contribution in [0.15, 0.2) is 22.6 Å². The Bertz CT molecular complexity index is 1210. The van der Waals surface area contributed by atoms with E-state index in [1.54, 1.807) is 0 Å². The number of nitrogens with zero attached hydrogens (tertiary/aromatic N) is 1. The van der Waals surface area contributed by atoms with Gasteiger partial charge >= 0.3 is 12.7 Å². The molecule has 4 N–H and O–H groups in total. The first-order chi connectivity index (χ1) is 17.6. The summed E-state index contributed by atoms with van der Waals surface area (Å²) in [4.78, 5) is 52.0. The van der Waals surface area contributed by atoms with E-state index in [0.717, 1.165) is 12.8 Å². The molecule has 2 aromatic rings. The Kier molecular flexibility index (Phi) is 7.55. The lowest BCUT2D eigenvalue weighted by molar-refractivity contribution is -0.134. The molecule has 2 atom stereocenters. The fourth-order valence-corrected chi connectivity index (χ4v) is 3.62. The average molecular weight is 522 g/mol. The topological polar surface area (TPSA) is 172 Å². The Morgan fingerprint density at radius 2 is 2.00 bits per heavy atom.